The highest BCUT2D eigenvalue weighted by Crippen LogP contribution is 2.30. The molecule has 2 aromatic carbocycles. The first-order chi connectivity index (χ1) is 13.1. The van der Waals surface area contributed by atoms with Crippen molar-refractivity contribution in [3.63, 3.8) is 0 Å². The smallest absolute Gasteiger partial charge is 0.304 e. The lowest BCUT2D eigenvalue weighted by atomic mass is 10.2. The summed E-state index contributed by atoms with van der Waals surface area (Å²) in [5, 5.41) is 0.745. The molecule has 0 amide bonds. The third-order valence-corrected chi connectivity index (χ3v) is 5.37. The molecule has 0 spiro atoms. The van der Waals surface area contributed by atoms with Crippen LogP contribution < -0.4 is 4.72 Å². The van der Waals surface area contributed by atoms with Gasteiger partial charge in [0.15, 0.2) is 0 Å². The van der Waals surface area contributed by atoms with Crippen LogP contribution in [0.4, 0.5) is 18.9 Å². The van der Waals surface area contributed by atoms with Gasteiger partial charge in [-0.15, -0.1) is 0 Å². The predicted molar refractivity (Wildman–Crippen MR) is 101 cm³/mol. The number of anilines is 1. The molecule has 3 rings (SSSR count). The number of para-hydroxylation sites is 1. The highest BCUT2D eigenvalue weighted by atomic mass is 32.2. The second kappa shape index (κ2) is 7.40. The van der Waals surface area contributed by atoms with E-state index in [1.165, 1.54) is 0 Å². The fraction of sp³-hybridized carbons (Fsp3) is 0.211. The molecule has 1 N–H and O–H groups in total. The van der Waals surface area contributed by atoms with Crippen molar-refractivity contribution in [3.05, 3.63) is 65.9 Å². The average molecular weight is 409 g/mol. The van der Waals surface area contributed by atoms with Gasteiger partial charge in [-0.05, 0) is 50.5 Å². The van der Waals surface area contributed by atoms with Crippen LogP contribution in [0.5, 0.6) is 0 Å². The van der Waals surface area contributed by atoms with E-state index in [1.54, 1.807) is 18.2 Å². The number of hydrogen-bond donors (Lipinski definition) is 1. The van der Waals surface area contributed by atoms with Crippen molar-refractivity contribution in [1.82, 2.24) is 9.88 Å². The second-order valence-electron chi connectivity index (χ2n) is 6.55. The summed E-state index contributed by atoms with van der Waals surface area (Å²) in [6.45, 7) is 0.579. The average Bonchev–Trinajstić information content (AvgIpc) is 2.61. The Kier molecular flexibility index (Phi) is 5.31. The van der Waals surface area contributed by atoms with Gasteiger partial charge in [-0.2, -0.15) is 13.2 Å². The van der Waals surface area contributed by atoms with Gasteiger partial charge in [0, 0.05) is 11.9 Å². The van der Waals surface area contributed by atoms with Crippen molar-refractivity contribution < 1.29 is 21.6 Å². The summed E-state index contributed by atoms with van der Waals surface area (Å²) >= 11 is 0. The lowest BCUT2D eigenvalue weighted by Crippen LogP contribution is -2.15. The second-order valence-corrected chi connectivity index (χ2v) is 8.23. The maximum absolute atomic E-state index is 12.7. The molecule has 0 aliphatic rings. The summed E-state index contributed by atoms with van der Waals surface area (Å²) in [4.78, 5) is 6.19. The van der Waals surface area contributed by atoms with E-state index >= 15 is 0 Å². The summed E-state index contributed by atoms with van der Waals surface area (Å²) in [6, 6.07) is 12.1. The largest absolute Gasteiger partial charge is 0.416 e. The standard InChI is InChI=1S/C19H18F3N3O2S/c1-25(2)12-15-9-6-13-4-3-5-17(18(13)23-15)24-28(26,27)16-10-7-14(8-11-16)19(20,21)22/h3-11,24H,12H2,1-2H3. The van der Waals surface area contributed by atoms with E-state index in [9.17, 15) is 21.6 Å². The molecule has 5 nitrogen and oxygen atoms in total. The third kappa shape index (κ3) is 4.42. The van der Waals surface area contributed by atoms with Crippen LogP contribution in [0.2, 0.25) is 0 Å². The molecule has 0 bridgehead atoms. The molecule has 0 aliphatic carbocycles. The Morgan fingerprint density at radius 3 is 2.29 bits per heavy atom. The number of pyridine rings is 1. The number of alkyl halides is 3. The van der Waals surface area contributed by atoms with Crippen molar-refractivity contribution in [1.29, 1.82) is 0 Å². The van der Waals surface area contributed by atoms with Crippen LogP contribution in [0.25, 0.3) is 10.9 Å². The van der Waals surface area contributed by atoms with Crippen molar-refractivity contribution >= 4 is 26.6 Å². The minimum atomic E-state index is -4.53. The molecule has 0 saturated heterocycles. The van der Waals surface area contributed by atoms with E-state index in [1.807, 2.05) is 31.1 Å². The van der Waals surface area contributed by atoms with Crippen LogP contribution in [0.15, 0.2) is 59.5 Å². The highest BCUT2D eigenvalue weighted by Gasteiger charge is 2.30. The first-order valence-corrected chi connectivity index (χ1v) is 9.78. The monoisotopic (exact) mass is 409 g/mol. The van der Waals surface area contributed by atoms with E-state index in [2.05, 4.69) is 9.71 Å². The number of rotatable bonds is 5. The van der Waals surface area contributed by atoms with Gasteiger partial charge in [-0.1, -0.05) is 18.2 Å². The van der Waals surface area contributed by atoms with Gasteiger partial charge in [0.1, 0.15) is 0 Å². The molecule has 0 radical (unpaired) electrons. The van der Waals surface area contributed by atoms with Gasteiger partial charge in [0.25, 0.3) is 10.0 Å². The molecule has 28 heavy (non-hydrogen) atoms. The highest BCUT2D eigenvalue weighted by molar-refractivity contribution is 7.92. The number of aromatic nitrogens is 1. The number of benzene rings is 2. The van der Waals surface area contributed by atoms with Crippen LogP contribution in [-0.2, 0) is 22.7 Å². The van der Waals surface area contributed by atoms with Crippen LogP contribution in [0, 0.1) is 0 Å². The summed E-state index contributed by atoms with van der Waals surface area (Å²) in [5.41, 5.74) is 0.584. The minimum Gasteiger partial charge on any atom is -0.304 e. The SMILES string of the molecule is CN(C)Cc1ccc2cccc(NS(=O)(=O)c3ccc(C(F)(F)F)cc3)c2n1. The van der Waals surface area contributed by atoms with E-state index in [0.717, 1.165) is 35.3 Å². The summed E-state index contributed by atoms with van der Waals surface area (Å²) in [5.74, 6) is 0. The number of nitrogens with one attached hydrogen (secondary N) is 1. The topological polar surface area (TPSA) is 62.3 Å². The molecule has 0 aliphatic heterocycles. The Morgan fingerprint density at radius 1 is 1.00 bits per heavy atom. The van der Waals surface area contributed by atoms with Gasteiger partial charge in [-0.25, -0.2) is 13.4 Å². The van der Waals surface area contributed by atoms with Gasteiger partial charge < -0.3 is 4.90 Å². The molecule has 1 heterocycles. The lowest BCUT2D eigenvalue weighted by Gasteiger charge is -2.13. The van der Waals surface area contributed by atoms with E-state index in [0.29, 0.717) is 12.1 Å². The van der Waals surface area contributed by atoms with Crippen molar-refractivity contribution in [3.8, 4) is 0 Å². The van der Waals surface area contributed by atoms with Gasteiger partial charge in [0.05, 0.1) is 27.4 Å². The normalized spacial score (nSPS) is 12.5. The molecule has 9 heteroatoms. The maximum Gasteiger partial charge on any atom is 0.416 e. The van der Waals surface area contributed by atoms with Crippen LogP contribution in [0.3, 0.4) is 0 Å². The maximum atomic E-state index is 12.7. The zero-order valence-electron chi connectivity index (χ0n) is 15.2. The number of hydrogen-bond acceptors (Lipinski definition) is 4. The summed E-state index contributed by atoms with van der Waals surface area (Å²) in [6.07, 6.45) is -4.53. The Hall–Kier alpha value is -2.65. The van der Waals surface area contributed by atoms with Crippen molar-refractivity contribution in [2.24, 2.45) is 0 Å². The number of nitrogens with zero attached hydrogens (tertiary/aromatic N) is 2. The minimum absolute atomic E-state index is 0.262. The Morgan fingerprint density at radius 2 is 1.68 bits per heavy atom. The molecule has 0 unspecified atom stereocenters. The first-order valence-electron chi connectivity index (χ1n) is 8.30. The Balaban J connectivity index is 1.96. The van der Waals surface area contributed by atoms with E-state index in [4.69, 9.17) is 0 Å². The number of fused-ring (bicyclic) bond motifs is 1. The fourth-order valence-corrected chi connectivity index (χ4v) is 3.78. The van der Waals surface area contributed by atoms with Crippen molar-refractivity contribution in [2.45, 2.75) is 17.6 Å². The molecular weight excluding hydrogens is 391 g/mol. The number of halogens is 3. The molecule has 3 aromatic rings. The van der Waals surface area contributed by atoms with Crippen LogP contribution >= 0.6 is 0 Å². The third-order valence-electron chi connectivity index (χ3n) is 3.99. The zero-order chi connectivity index (χ0) is 20.5. The fourth-order valence-electron chi connectivity index (χ4n) is 2.71. The number of sulfonamides is 1. The molecule has 1 aromatic heterocycles. The summed E-state index contributed by atoms with van der Waals surface area (Å²) < 4.78 is 65.8. The van der Waals surface area contributed by atoms with Gasteiger partial charge in [0.2, 0.25) is 0 Å². The Bertz CT molecular complexity index is 1100. The summed E-state index contributed by atoms with van der Waals surface area (Å²) in [7, 11) is -0.283. The molecule has 148 valence electrons. The predicted octanol–water partition coefficient (Wildman–Crippen LogP) is 4.12. The molecule has 0 fully saturated rings. The Labute approximate surface area is 160 Å². The zero-order valence-corrected chi connectivity index (χ0v) is 16.0. The first kappa shape index (κ1) is 20.1. The molecular formula is C19H18F3N3O2S. The molecule has 0 atom stereocenters. The van der Waals surface area contributed by atoms with E-state index < -0.39 is 21.8 Å². The van der Waals surface area contributed by atoms with E-state index in [-0.39, 0.29) is 10.6 Å². The molecule has 0 saturated carbocycles. The van der Waals surface area contributed by atoms with Crippen LogP contribution in [0.1, 0.15) is 11.3 Å². The lowest BCUT2D eigenvalue weighted by molar-refractivity contribution is -0.137. The van der Waals surface area contributed by atoms with Crippen molar-refractivity contribution in [2.75, 3.05) is 18.8 Å². The van der Waals surface area contributed by atoms with Gasteiger partial charge >= 0.3 is 6.18 Å². The van der Waals surface area contributed by atoms with Crippen LogP contribution in [-0.4, -0.2) is 32.4 Å². The van der Waals surface area contributed by atoms with Gasteiger partial charge in [-0.3, -0.25) is 4.72 Å². The quantitative estimate of drug-likeness (QED) is 0.689.